The van der Waals surface area contributed by atoms with Crippen LogP contribution in [0.3, 0.4) is 0 Å². The lowest BCUT2D eigenvalue weighted by Gasteiger charge is -2.30. The molecule has 31 heavy (non-hydrogen) atoms. The quantitative estimate of drug-likeness (QED) is 0.609. The predicted molar refractivity (Wildman–Crippen MR) is 122 cm³/mol. The molecule has 6 nitrogen and oxygen atoms in total. The number of carbonyl (C=O) groups excluding carboxylic acids is 1. The van der Waals surface area contributed by atoms with E-state index in [-0.39, 0.29) is 11.8 Å². The fourth-order valence-corrected chi connectivity index (χ4v) is 3.94. The van der Waals surface area contributed by atoms with Crippen molar-refractivity contribution in [1.29, 1.82) is 0 Å². The van der Waals surface area contributed by atoms with Gasteiger partial charge in [0, 0.05) is 17.8 Å². The van der Waals surface area contributed by atoms with Gasteiger partial charge in [-0.3, -0.25) is 9.69 Å². The van der Waals surface area contributed by atoms with Gasteiger partial charge in [-0.15, -0.1) is 0 Å². The van der Waals surface area contributed by atoms with Gasteiger partial charge < -0.3 is 9.84 Å². The van der Waals surface area contributed by atoms with Crippen molar-refractivity contribution < 1.29 is 9.32 Å². The Morgan fingerprint density at radius 1 is 1.16 bits per heavy atom. The molecule has 1 aliphatic rings. The zero-order valence-corrected chi connectivity index (χ0v) is 18.5. The lowest BCUT2D eigenvalue weighted by atomic mass is 9.97. The summed E-state index contributed by atoms with van der Waals surface area (Å²) in [5, 5.41) is 7.19. The number of anilines is 1. The van der Waals surface area contributed by atoms with Crippen molar-refractivity contribution >= 4 is 11.6 Å². The minimum absolute atomic E-state index is 0.0435. The first kappa shape index (κ1) is 21.2. The highest BCUT2D eigenvalue weighted by molar-refractivity contribution is 5.92. The van der Waals surface area contributed by atoms with Crippen LogP contribution in [0.4, 0.5) is 5.69 Å². The first-order valence-corrected chi connectivity index (χ1v) is 11.0. The number of aromatic nitrogens is 2. The maximum Gasteiger partial charge on any atom is 0.241 e. The molecular formula is C25H30N4O2. The third-order valence-electron chi connectivity index (χ3n) is 5.86. The number of hydrogen-bond donors (Lipinski definition) is 1. The van der Waals surface area contributed by atoms with E-state index in [4.69, 9.17) is 4.52 Å². The largest absolute Gasteiger partial charge is 0.338 e. The number of carbonyl (C=O) groups is 1. The summed E-state index contributed by atoms with van der Waals surface area (Å²) in [7, 11) is 0. The lowest BCUT2D eigenvalue weighted by Crippen LogP contribution is -2.40. The van der Waals surface area contributed by atoms with Gasteiger partial charge in [0.1, 0.15) is 0 Å². The Kier molecular flexibility index (Phi) is 6.47. The molecule has 3 aromatic rings. The van der Waals surface area contributed by atoms with Gasteiger partial charge >= 0.3 is 0 Å². The molecule has 0 aliphatic carbocycles. The van der Waals surface area contributed by atoms with Crippen molar-refractivity contribution in [3.63, 3.8) is 0 Å². The van der Waals surface area contributed by atoms with Gasteiger partial charge in [-0.05, 0) is 49.9 Å². The number of aryl methyl sites for hydroxylation is 1. The second kappa shape index (κ2) is 9.43. The Hall–Kier alpha value is -2.99. The van der Waals surface area contributed by atoms with Crippen molar-refractivity contribution in [3.8, 4) is 11.4 Å². The van der Waals surface area contributed by atoms with Crippen LogP contribution in [0, 0.1) is 12.8 Å². The molecule has 1 N–H and O–H groups in total. The van der Waals surface area contributed by atoms with E-state index in [1.165, 1.54) is 11.1 Å². The molecule has 1 aromatic heterocycles. The highest BCUT2D eigenvalue weighted by Crippen LogP contribution is 2.23. The molecule has 162 valence electrons. The van der Waals surface area contributed by atoms with Crippen LogP contribution in [0.1, 0.15) is 49.6 Å². The SMILES string of the molecule is Cc1ccc(-c2noc(CN3CCCC(C(=O)Nc4ccc(C(C)C)cc4)C3)n2)cc1. The van der Waals surface area contributed by atoms with Gasteiger partial charge in [0.15, 0.2) is 0 Å². The molecule has 6 heteroatoms. The molecule has 1 aliphatic heterocycles. The van der Waals surface area contributed by atoms with E-state index >= 15 is 0 Å². The number of benzene rings is 2. The summed E-state index contributed by atoms with van der Waals surface area (Å²) in [5.74, 6) is 1.70. The summed E-state index contributed by atoms with van der Waals surface area (Å²) in [4.78, 5) is 19.6. The predicted octanol–water partition coefficient (Wildman–Crippen LogP) is 5.02. The van der Waals surface area contributed by atoms with Crippen LogP contribution in [-0.4, -0.2) is 34.0 Å². The first-order chi connectivity index (χ1) is 15.0. The normalized spacial score (nSPS) is 17.1. The molecule has 1 fully saturated rings. The minimum atomic E-state index is -0.0435. The average Bonchev–Trinajstić information content (AvgIpc) is 3.23. The molecule has 2 heterocycles. The zero-order chi connectivity index (χ0) is 21.8. The highest BCUT2D eigenvalue weighted by atomic mass is 16.5. The third-order valence-corrected chi connectivity index (χ3v) is 5.86. The maximum absolute atomic E-state index is 12.8. The van der Waals surface area contributed by atoms with Gasteiger partial charge in [0.25, 0.3) is 0 Å². The summed E-state index contributed by atoms with van der Waals surface area (Å²) >= 11 is 0. The minimum Gasteiger partial charge on any atom is -0.338 e. The van der Waals surface area contributed by atoms with E-state index in [1.807, 2.05) is 36.4 Å². The lowest BCUT2D eigenvalue weighted by molar-refractivity contribution is -0.121. The van der Waals surface area contributed by atoms with Gasteiger partial charge in [0.05, 0.1) is 12.5 Å². The fourth-order valence-electron chi connectivity index (χ4n) is 3.94. The van der Waals surface area contributed by atoms with E-state index in [1.54, 1.807) is 0 Å². The number of rotatable bonds is 6. The fraction of sp³-hybridized carbons (Fsp3) is 0.400. The van der Waals surface area contributed by atoms with Gasteiger partial charge in [-0.2, -0.15) is 4.98 Å². The van der Waals surface area contributed by atoms with Crippen LogP contribution in [0.15, 0.2) is 53.1 Å². The third kappa shape index (κ3) is 5.39. The molecule has 0 spiro atoms. The molecule has 0 bridgehead atoms. The molecule has 2 aromatic carbocycles. The molecule has 1 atom stereocenters. The van der Waals surface area contributed by atoms with Crippen molar-refractivity contribution in [2.45, 2.75) is 46.1 Å². The van der Waals surface area contributed by atoms with Crippen LogP contribution < -0.4 is 5.32 Å². The number of nitrogens with one attached hydrogen (secondary N) is 1. The second-order valence-electron chi connectivity index (χ2n) is 8.72. The molecule has 1 saturated heterocycles. The monoisotopic (exact) mass is 418 g/mol. The van der Waals surface area contributed by atoms with Gasteiger partial charge in [-0.25, -0.2) is 0 Å². The number of hydrogen-bond acceptors (Lipinski definition) is 5. The first-order valence-electron chi connectivity index (χ1n) is 11.0. The standard InChI is InChI=1S/C25H30N4O2/c1-17(2)19-10-12-22(13-11-19)26-25(30)21-5-4-14-29(15-21)16-23-27-24(28-31-23)20-8-6-18(3)7-9-20/h6-13,17,21H,4-5,14-16H2,1-3H3,(H,26,30). The van der Waals surface area contributed by atoms with Gasteiger partial charge in [0.2, 0.25) is 17.6 Å². The van der Waals surface area contributed by atoms with Crippen molar-refractivity contribution in [3.05, 3.63) is 65.5 Å². The van der Waals surface area contributed by atoms with Crippen LogP contribution >= 0.6 is 0 Å². The summed E-state index contributed by atoms with van der Waals surface area (Å²) in [6.45, 7) is 8.56. The number of amides is 1. The summed E-state index contributed by atoms with van der Waals surface area (Å²) < 4.78 is 5.47. The topological polar surface area (TPSA) is 71.3 Å². The smallest absolute Gasteiger partial charge is 0.241 e. The summed E-state index contributed by atoms with van der Waals surface area (Å²) in [6.07, 6.45) is 1.87. The van der Waals surface area contributed by atoms with E-state index < -0.39 is 0 Å². The Bertz CT molecular complexity index is 1010. The molecule has 0 saturated carbocycles. The van der Waals surface area contributed by atoms with Gasteiger partial charge in [-0.1, -0.05) is 61.0 Å². The molecular weight excluding hydrogens is 388 g/mol. The van der Waals surface area contributed by atoms with Crippen LogP contribution in [0.2, 0.25) is 0 Å². The molecule has 1 amide bonds. The summed E-state index contributed by atoms with van der Waals surface area (Å²) in [6, 6.07) is 16.2. The Labute approximate surface area is 183 Å². The Morgan fingerprint density at radius 3 is 2.61 bits per heavy atom. The number of piperidine rings is 1. The number of nitrogens with zero attached hydrogens (tertiary/aromatic N) is 3. The maximum atomic E-state index is 12.8. The Balaban J connectivity index is 1.34. The molecule has 1 unspecified atom stereocenters. The van der Waals surface area contributed by atoms with Crippen LogP contribution in [0.25, 0.3) is 11.4 Å². The average molecular weight is 419 g/mol. The Morgan fingerprint density at radius 2 is 1.90 bits per heavy atom. The van der Waals surface area contributed by atoms with Crippen molar-refractivity contribution in [1.82, 2.24) is 15.0 Å². The van der Waals surface area contributed by atoms with Crippen LogP contribution in [-0.2, 0) is 11.3 Å². The summed E-state index contributed by atoms with van der Waals surface area (Å²) in [5.41, 5.74) is 4.26. The van der Waals surface area contributed by atoms with Crippen LogP contribution in [0.5, 0.6) is 0 Å². The van der Waals surface area contributed by atoms with E-state index in [0.29, 0.717) is 30.7 Å². The van der Waals surface area contributed by atoms with E-state index in [9.17, 15) is 4.79 Å². The van der Waals surface area contributed by atoms with Crippen molar-refractivity contribution in [2.24, 2.45) is 5.92 Å². The zero-order valence-electron chi connectivity index (χ0n) is 18.5. The van der Waals surface area contributed by atoms with E-state index in [2.05, 4.69) is 53.3 Å². The molecule has 0 radical (unpaired) electrons. The highest BCUT2D eigenvalue weighted by Gasteiger charge is 2.27. The van der Waals surface area contributed by atoms with E-state index in [0.717, 1.165) is 30.6 Å². The second-order valence-corrected chi connectivity index (χ2v) is 8.72. The number of likely N-dealkylation sites (tertiary alicyclic amines) is 1. The van der Waals surface area contributed by atoms with Crippen molar-refractivity contribution in [2.75, 3.05) is 18.4 Å². The molecule has 4 rings (SSSR count).